The van der Waals surface area contributed by atoms with Crippen molar-refractivity contribution in [2.75, 3.05) is 26.4 Å². The van der Waals surface area contributed by atoms with Gasteiger partial charge in [0.25, 0.3) is 0 Å². The van der Waals surface area contributed by atoms with E-state index in [0.717, 1.165) is 64.2 Å². The van der Waals surface area contributed by atoms with Gasteiger partial charge in [0.1, 0.15) is 6.61 Å². The van der Waals surface area contributed by atoms with Crippen LogP contribution in [-0.2, 0) is 32.7 Å². The van der Waals surface area contributed by atoms with E-state index < -0.39 is 32.5 Å². The highest BCUT2D eigenvalue weighted by atomic mass is 31.2. The molecule has 0 rings (SSSR count). The maximum absolute atomic E-state index is 12.5. The molecule has 0 saturated heterocycles. The number of nitrogens with two attached hydrogens (primary N) is 1. The largest absolute Gasteiger partial charge is 0.472 e. The Morgan fingerprint density at radius 3 is 1.76 bits per heavy atom. The predicted molar refractivity (Wildman–Crippen MR) is 201 cm³/mol. The molecule has 0 aromatic carbocycles. The lowest BCUT2D eigenvalue weighted by Gasteiger charge is -2.19. The molecular weight excluding hydrogens is 641 g/mol. The number of phosphoric acid groups is 1. The van der Waals surface area contributed by atoms with Crippen LogP contribution < -0.4 is 5.73 Å². The first-order valence-corrected chi connectivity index (χ1v) is 19.9. The summed E-state index contributed by atoms with van der Waals surface area (Å²) in [5.74, 6) is -0.949. The number of carbonyl (C=O) groups is 2. The average Bonchev–Trinajstić information content (AvgIpc) is 3.08. The molecule has 9 nitrogen and oxygen atoms in total. The SMILES string of the molecule is CC/C=C\C/C=C\C/C=C\C/C=C\CCC(=O)OC(COC(=O)CCCCCCC/C=C\C/C=C\CCCCC)COP(=O)(O)OCCN. The lowest BCUT2D eigenvalue weighted by molar-refractivity contribution is -0.161. The Labute approximate surface area is 297 Å². The van der Waals surface area contributed by atoms with Crippen LogP contribution in [0.2, 0.25) is 0 Å². The molecule has 0 bridgehead atoms. The minimum absolute atomic E-state index is 0.0371. The van der Waals surface area contributed by atoms with Gasteiger partial charge >= 0.3 is 19.8 Å². The summed E-state index contributed by atoms with van der Waals surface area (Å²) in [6.45, 7) is 3.45. The summed E-state index contributed by atoms with van der Waals surface area (Å²) >= 11 is 0. The minimum Gasteiger partial charge on any atom is -0.462 e. The number of carbonyl (C=O) groups excluding carboxylic acids is 2. The van der Waals surface area contributed by atoms with Crippen molar-refractivity contribution >= 4 is 19.8 Å². The fourth-order valence-electron chi connectivity index (χ4n) is 4.38. The van der Waals surface area contributed by atoms with Crippen LogP contribution in [0.1, 0.15) is 129 Å². The van der Waals surface area contributed by atoms with Crippen LogP contribution in [0.5, 0.6) is 0 Å². The molecule has 0 aromatic rings. The quantitative estimate of drug-likeness (QED) is 0.0296. The molecule has 0 aliphatic rings. The molecule has 2 atom stereocenters. The molecule has 0 radical (unpaired) electrons. The Balaban J connectivity index is 4.38. The van der Waals surface area contributed by atoms with Gasteiger partial charge in [-0.25, -0.2) is 4.57 Å². The molecule has 0 spiro atoms. The van der Waals surface area contributed by atoms with E-state index in [2.05, 4.69) is 74.6 Å². The normalized spacial score (nSPS) is 14.3. The van der Waals surface area contributed by atoms with E-state index in [9.17, 15) is 19.0 Å². The second-order valence-electron chi connectivity index (χ2n) is 11.7. The lowest BCUT2D eigenvalue weighted by atomic mass is 10.1. The van der Waals surface area contributed by atoms with Gasteiger partial charge in [0.05, 0.1) is 13.2 Å². The van der Waals surface area contributed by atoms with E-state index in [1.807, 2.05) is 12.2 Å². The Morgan fingerprint density at radius 1 is 0.633 bits per heavy atom. The number of ether oxygens (including phenoxy) is 2. The predicted octanol–water partition coefficient (Wildman–Crippen LogP) is 9.93. The summed E-state index contributed by atoms with van der Waals surface area (Å²) in [7, 11) is -4.39. The summed E-state index contributed by atoms with van der Waals surface area (Å²) in [4.78, 5) is 34.6. The Kier molecular flexibility index (Phi) is 33.4. The number of rotatable bonds is 33. The smallest absolute Gasteiger partial charge is 0.462 e. The van der Waals surface area contributed by atoms with Crippen molar-refractivity contribution in [2.45, 2.75) is 136 Å². The zero-order valence-corrected chi connectivity index (χ0v) is 31.3. The Morgan fingerprint density at radius 2 is 1.16 bits per heavy atom. The van der Waals surface area contributed by atoms with Crippen molar-refractivity contribution in [2.24, 2.45) is 5.73 Å². The van der Waals surface area contributed by atoms with Crippen LogP contribution in [-0.4, -0.2) is 49.3 Å². The third-order valence-corrected chi connectivity index (χ3v) is 8.07. The second-order valence-corrected chi connectivity index (χ2v) is 13.2. The maximum atomic E-state index is 12.5. The molecule has 0 saturated carbocycles. The topological polar surface area (TPSA) is 134 Å². The second kappa shape index (κ2) is 35.3. The van der Waals surface area contributed by atoms with Crippen LogP contribution in [0.4, 0.5) is 0 Å². The van der Waals surface area contributed by atoms with Crippen LogP contribution in [0, 0.1) is 0 Å². The number of esters is 2. The number of unbranched alkanes of at least 4 members (excludes halogenated alkanes) is 8. The summed E-state index contributed by atoms with van der Waals surface area (Å²) in [6.07, 6.45) is 40.9. The van der Waals surface area contributed by atoms with Crippen LogP contribution in [0.3, 0.4) is 0 Å². The average molecular weight is 708 g/mol. The highest BCUT2D eigenvalue weighted by molar-refractivity contribution is 7.47. The first kappa shape index (κ1) is 46.5. The molecule has 0 aromatic heterocycles. The number of hydrogen-bond donors (Lipinski definition) is 2. The molecule has 280 valence electrons. The van der Waals surface area contributed by atoms with E-state index in [-0.39, 0.29) is 32.6 Å². The van der Waals surface area contributed by atoms with Crippen molar-refractivity contribution < 1.29 is 37.6 Å². The van der Waals surface area contributed by atoms with Gasteiger partial charge in [0.15, 0.2) is 6.10 Å². The third-order valence-electron chi connectivity index (χ3n) is 7.09. The highest BCUT2D eigenvalue weighted by Gasteiger charge is 2.25. The van der Waals surface area contributed by atoms with Gasteiger partial charge in [-0.05, 0) is 70.6 Å². The van der Waals surface area contributed by atoms with Crippen LogP contribution in [0.25, 0.3) is 0 Å². The minimum atomic E-state index is -4.39. The fourth-order valence-corrected chi connectivity index (χ4v) is 5.15. The first-order chi connectivity index (χ1) is 23.8. The summed E-state index contributed by atoms with van der Waals surface area (Å²) < 4.78 is 32.5. The molecule has 0 aliphatic carbocycles. The van der Waals surface area contributed by atoms with E-state index in [4.69, 9.17) is 24.3 Å². The first-order valence-electron chi connectivity index (χ1n) is 18.4. The molecule has 10 heteroatoms. The fraction of sp³-hybridized carbons (Fsp3) is 0.641. The van der Waals surface area contributed by atoms with E-state index >= 15 is 0 Å². The summed E-state index contributed by atoms with van der Waals surface area (Å²) in [5.41, 5.74) is 5.32. The van der Waals surface area contributed by atoms with Crippen molar-refractivity contribution in [1.82, 2.24) is 0 Å². The Hall–Kier alpha value is -2.55. The summed E-state index contributed by atoms with van der Waals surface area (Å²) in [6, 6.07) is 0. The van der Waals surface area contributed by atoms with Gasteiger partial charge in [-0.3, -0.25) is 18.6 Å². The van der Waals surface area contributed by atoms with Gasteiger partial charge in [-0.1, -0.05) is 119 Å². The zero-order chi connectivity index (χ0) is 36.1. The third kappa shape index (κ3) is 35.1. The van der Waals surface area contributed by atoms with E-state index in [1.165, 1.54) is 25.7 Å². The van der Waals surface area contributed by atoms with Crippen molar-refractivity contribution in [3.8, 4) is 0 Å². The van der Waals surface area contributed by atoms with Crippen molar-refractivity contribution in [3.63, 3.8) is 0 Å². The van der Waals surface area contributed by atoms with Crippen LogP contribution >= 0.6 is 7.82 Å². The zero-order valence-electron chi connectivity index (χ0n) is 30.4. The van der Waals surface area contributed by atoms with E-state index in [1.54, 1.807) is 0 Å². The lowest BCUT2D eigenvalue weighted by Crippen LogP contribution is -2.29. The standard InChI is InChI=1S/C39H66NO8P/c1-3-5-7-9-11-13-15-17-18-20-21-23-25-27-29-31-38(41)45-35-37(36-47-49(43,44)46-34-33-40)48-39(42)32-30-28-26-24-22-19-16-14-12-10-8-6-4-2/h6,8,11-14,17-19,22,26,28,37H,3-5,7,9-10,15-16,20-21,23-25,27,29-36,40H2,1-2H3,(H,43,44)/b8-6-,13-11-,14-12-,18-17-,22-19-,28-26-. The van der Waals surface area contributed by atoms with Crippen molar-refractivity contribution in [3.05, 3.63) is 72.9 Å². The Bertz CT molecular complexity index is 1030. The molecular formula is C39H66NO8P. The van der Waals surface area contributed by atoms with Gasteiger partial charge in [0, 0.05) is 19.4 Å². The van der Waals surface area contributed by atoms with E-state index in [0.29, 0.717) is 12.8 Å². The van der Waals surface area contributed by atoms with Gasteiger partial charge in [-0.2, -0.15) is 0 Å². The van der Waals surface area contributed by atoms with Crippen LogP contribution in [0.15, 0.2) is 72.9 Å². The molecule has 0 heterocycles. The monoisotopic (exact) mass is 707 g/mol. The molecule has 0 amide bonds. The number of phosphoric ester groups is 1. The molecule has 0 fully saturated rings. The molecule has 3 N–H and O–H groups in total. The van der Waals surface area contributed by atoms with Gasteiger partial charge in [0.2, 0.25) is 0 Å². The molecule has 0 aliphatic heterocycles. The van der Waals surface area contributed by atoms with Crippen molar-refractivity contribution in [1.29, 1.82) is 0 Å². The highest BCUT2D eigenvalue weighted by Crippen LogP contribution is 2.43. The number of allylic oxidation sites excluding steroid dienone is 12. The summed E-state index contributed by atoms with van der Waals surface area (Å²) in [5, 5.41) is 0. The maximum Gasteiger partial charge on any atom is 0.472 e. The van der Waals surface area contributed by atoms with Gasteiger partial charge in [-0.15, -0.1) is 0 Å². The number of hydrogen-bond acceptors (Lipinski definition) is 8. The molecule has 49 heavy (non-hydrogen) atoms. The van der Waals surface area contributed by atoms with Gasteiger partial charge < -0.3 is 20.1 Å². The molecule has 2 unspecified atom stereocenters.